The van der Waals surface area contributed by atoms with Crippen LogP contribution in [0.2, 0.25) is 0 Å². The van der Waals surface area contributed by atoms with Crippen molar-refractivity contribution in [2.45, 2.75) is 110 Å². The molecule has 0 atom stereocenters. The van der Waals surface area contributed by atoms with Gasteiger partial charge in [-0.05, 0) is 6.42 Å². The molecule has 0 fully saturated rings. The molecule has 0 aromatic carbocycles. The molecule has 0 aromatic rings. The largest absolute Gasteiger partial charge is 0.382 e. The van der Waals surface area contributed by atoms with Crippen molar-refractivity contribution in [2.24, 2.45) is 0 Å². The third-order valence-corrected chi connectivity index (χ3v) is 6.81. The highest BCUT2D eigenvalue weighted by molar-refractivity contribution is 4.50. The molecule has 0 bridgehead atoms. The minimum Gasteiger partial charge on any atom is -0.382 e. The molecule has 0 aliphatic rings. The predicted octanol–water partition coefficient (Wildman–Crippen LogP) is 7.01. The minimum absolute atomic E-state index is 0.552. The second kappa shape index (κ2) is 39.7. The van der Waals surface area contributed by atoms with Gasteiger partial charge in [0.15, 0.2) is 0 Å². The molecule has 41 heavy (non-hydrogen) atoms. The van der Waals surface area contributed by atoms with Gasteiger partial charge in [0.05, 0.1) is 92.5 Å². The number of hydrogen-bond donors (Lipinski definition) is 0. The van der Waals surface area contributed by atoms with Gasteiger partial charge in [0.1, 0.15) is 0 Å². The van der Waals surface area contributed by atoms with Crippen molar-refractivity contribution in [2.75, 3.05) is 106 Å². The molecule has 0 unspecified atom stereocenters. The van der Waals surface area contributed by atoms with E-state index in [9.17, 15) is 0 Å². The Morgan fingerprint density at radius 1 is 0.244 bits per heavy atom. The summed E-state index contributed by atoms with van der Waals surface area (Å²) < 4.78 is 43.3. The Balaban J connectivity index is 3.02. The van der Waals surface area contributed by atoms with E-state index >= 15 is 0 Å². The maximum Gasteiger partial charge on any atom is 0.0701 e. The van der Waals surface area contributed by atoms with Crippen LogP contribution in [0.4, 0.5) is 0 Å². The van der Waals surface area contributed by atoms with Crippen molar-refractivity contribution in [1.29, 1.82) is 0 Å². The summed E-state index contributed by atoms with van der Waals surface area (Å²) in [6.07, 6.45) is 22.3. The first-order valence-corrected chi connectivity index (χ1v) is 16.9. The lowest BCUT2D eigenvalue weighted by Gasteiger charge is -2.08. The molecule has 8 heteroatoms. The molecule has 0 aromatic heterocycles. The van der Waals surface area contributed by atoms with Crippen LogP contribution in [0.5, 0.6) is 0 Å². The van der Waals surface area contributed by atoms with Crippen LogP contribution in [-0.4, -0.2) is 106 Å². The average Bonchev–Trinajstić information content (AvgIpc) is 2.98. The third kappa shape index (κ3) is 39.7. The van der Waals surface area contributed by atoms with Gasteiger partial charge in [-0.15, -0.1) is 0 Å². The van der Waals surface area contributed by atoms with Crippen LogP contribution in [0.15, 0.2) is 0 Å². The Kier molecular flexibility index (Phi) is 39.4. The van der Waals surface area contributed by atoms with Crippen molar-refractivity contribution in [3.05, 3.63) is 0 Å². The summed E-state index contributed by atoms with van der Waals surface area (Å²) in [5.41, 5.74) is 0. The van der Waals surface area contributed by atoms with E-state index in [1.807, 2.05) is 0 Å². The number of hydrogen-bond acceptors (Lipinski definition) is 8. The molecule has 0 rings (SSSR count). The van der Waals surface area contributed by atoms with Crippen LogP contribution in [-0.2, 0) is 37.9 Å². The van der Waals surface area contributed by atoms with Gasteiger partial charge in [0.25, 0.3) is 0 Å². The molecule has 0 aliphatic carbocycles. The molecule has 0 heterocycles. The van der Waals surface area contributed by atoms with Crippen molar-refractivity contribution in [3.63, 3.8) is 0 Å². The molecule has 8 nitrogen and oxygen atoms in total. The van der Waals surface area contributed by atoms with Crippen LogP contribution >= 0.6 is 0 Å². The molecule has 0 saturated heterocycles. The van der Waals surface area contributed by atoms with E-state index in [4.69, 9.17) is 37.9 Å². The Hall–Kier alpha value is -0.320. The summed E-state index contributed by atoms with van der Waals surface area (Å²) in [6.45, 7) is 11.3. The van der Waals surface area contributed by atoms with E-state index in [0.29, 0.717) is 92.5 Å². The van der Waals surface area contributed by atoms with Crippen molar-refractivity contribution >= 4 is 0 Å². The highest BCUT2D eigenvalue weighted by Gasteiger charge is 1.97. The van der Waals surface area contributed by atoms with Gasteiger partial charge >= 0.3 is 0 Å². The average molecular weight is 593 g/mol. The fraction of sp³-hybridized carbons (Fsp3) is 1.00. The smallest absolute Gasteiger partial charge is 0.0701 e. The Morgan fingerprint density at radius 2 is 0.463 bits per heavy atom. The van der Waals surface area contributed by atoms with Gasteiger partial charge in [0.2, 0.25) is 0 Å². The van der Waals surface area contributed by atoms with Crippen LogP contribution in [0.25, 0.3) is 0 Å². The summed E-state index contributed by atoms with van der Waals surface area (Å²) in [5.74, 6) is 0. The number of ether oxygens (including phenoxy) is 8. The van der Waals surface area contributed by atoms with Gasteiger partial charge in [-0.3, -0.25) is 0 Å². The molecule has 0 saturated carbocycles. The fourth-order valence-electron chi connectivity index (χ4n) is 4.32. The van der Waals surface area contributed by atoms with Gasteiger partial charge in [0, 0.05) is 13.7 Å². The van der Waals surface area contributed by atoms with Crippen LogP contribution in [0.3, 0.4) is 0 Å². The number of methoxy groups -OCH3 is 1. The van der Waals surface area contributed by atoms with Crippen LogP contribution in [0, 0.1) is 0 Å². The van der Waals surface area contributed by atoms with Gasteiger partial charge < -0.3 is 37.9 Å². The third-order valence-electron chi connectivity index (χ3n) is 6.81. The van der Waals surface area contributed by atoms with E-state index in [0.717, 1.165) is 13.0 Å². The Labute approximate surface area is 253 Å². The maximum absolute atomic E-state index is 5.67. The zero-order valence-corrected chi connectivity index (χ0v) is 27.2. The molecule has 0 radical (unpaired) electrons. The highest BCUT2D eigenvalue weighted by atomic mass is 16.6. The Morgan fingerprint density at radius 3 is 0.732 bits per heavy atom. The van der Waals surface area contributed by atoms with Crippen LogP contribution in [0.1, 0.15) is 110 Å². The lowest BCUT2D eigenvalue weighted by Crippen LogP contribution is -2.14. The standard InChI is InChI=1S/C33H68O8/c1-3-4-5-6-7-8-9-10-11-12-13-14-15-16-17-18-19-35-22-23-37-26-27-39-30-31-41-33-32-40-29-28-38-25-24-36-21-20-34-2/h3-33H2,1-2H3. The van der Waals surface area contributed by atoms with Gasteiger partial charge in [-0.2, -0.15) is 0 Å². The molecule has 0 aliphatic heterocycles. The number of unbranched alkanes of at least 4 members (excludes halogenated alkanes) is 15. The molecular weight excluding hydrogens is 524 g/mol. The zero-order chi connectivity index (χ0) is 29.6. The lowest BCUT2D eigenvalue weighted by atomic mass is 10.0. The summed E-state index contributed by atoms with van der Waals surface area (Å²) in [4.78, 5) is 0. The van der Waals surface area contributed by atoms with E-state index in [2.05, 4.69) is 6.92 Å². The molecule has 0 amide bonds. The van der Waals surface area contributed by atoms with Crippen molar-refractivity contribution < 1.29 is 37.9 Å². The molecule has 0 N–H and O–H groups in total. The first-order chi connectivity index (χ1) is 20.4. The van der Waals surface area contributed by atoms with Gasteiger partial charge in [-0.25, -0.2) is 0 Å². The minimum atomic E-state index is 0.552. The lowest BCUT2D eigenvalue weighted by molar-refractivity contribution is -0.0221. The number of rotatable bonds is 38. The van der Waals surface area contributed by atoms with Crippen molar-refractivity contribution in [3.8, 4) is 0 Å². The summed E-state index contributed by atoms with van der Waals surface area (Å²) in [5, 5.41) is 0. The van der Waals surface area contributed by atoms with E-state index in [1.165, 1.54) is 96.3 Å². The second-order valence-corrected chi connectivity index (χ2v) is 10.6. The molecular formula is C33H68O8. The highest BCUT2D eigenvalue weighted by Crippen LogP contribution is 2.13. The van der Waals surface area contributed by atoms with Crippen LogP contribution < -0.4 is 0 Å². The summed E-state index contributed by atoms with van der Waals surface area (Å²) in [6, 6.07) is 0. The van der Waals surface area contributed by atoms with Gasteiger partial charge in [-0.1, -0.05) is 103 Å². The summed E-state index contributed by atoms with van der Waals surface area (Å²) in [7, 11) is 1.66. The topological polar surface area (TPSA) is 73.8 Å². The molecule has 0 spiro atoms. The normalized spacial score (nSPS) is 11.6. The molecule has 248 valence electrons. The maximum atomic E-state index is 5.67. The quantitative estimate of drug-likeness (QED) is 0.0709. The van der Waals surface area contributed by atoms with E-state index in [1.54, 1.807) is 7.11 Å². The first kappa shape index (κ1) is 40.7. The Bertz CT molecular complexity index is 403. The zero-order valence-electron chi connectivity index (χ0n) is 27.2. The monoisotopic (exact) mass is 592 g/mol. The van der Waals surface area contributed by atoms with E-state index in [-0.39, 0.29) is 0 Å². The van der Waals surface area contributed by atoms with Crippen molar-refractivity contribution in [1.82, 2.24) is 0 Å². The fourth-order valence-corrected chi connectivity index (χ4v) is 4.32. The predicted molar refractivity (Wildman–Crippen MR) is 167 cm³/mol. The first-order valence-electron chi connectivity index (χ1n) is 16.9. The van der Waals surface area contributed by atoms with E-state index < -0.39 is 0 Å². The SMILES string of the molecule is CCCCCCCCCCCCCCCCCCOCCOCCOCCOCCOCCOCCOCCOC. The summed E-state index contributed by atoms with van der Waals surface area (Å²) >= 11 is 0. The second-order valence-electron chi connectivity index (χ2n) is 10.6.